The van der Waals surface area contributed by atoms with Crippen LogP contribution in [0.15, 0.2) is 5.38 Å². The number of carbonyl (C=O) groups excluding carboxylic acids is 1. The average molecular weight is 273 g/mol. The van der Waals surface area contributed by atoms with E-state index in [1.807, 2.05) is 17.2 Å². The van der Waals surface area contributed by atoms with E-state index in [4.69, 9.17) is 9.84 Å². The number of ether oxygens (including phenoxy) is 1. The van der Waals surface area contributed by atoms with Crippen molar-refractivity contribution >= 4 is 22.4 Å². The third kappa shape index (κ3) is 5.54. The van der Waals surface area contributed by atoms with Gasteiger partial charge in [-0.1, -0.05) is 0 Å². The van der Waals surface area contributed by atoms with E-state index in [0.29, 0.717) is 24.8 Å². The summed E-state index contributed by atoms with van der Waals surface area (Å²) in [6.07, 6.45) is 0. The van der Waals surface area contributed by atoms with Gasteiger partial charge in [-0.2, -0.15) is 0 Å². The van der Waals surface area contributed by atoms with E-state index < -0.39 is 0 Å². The molecule has 0 saturated carbocycles. The third-order valence-corrected chi connectivity index (χ3v) is 3.14. The zero-order valence-electron chi connectivity index (χ0n) is 10.7. The molecule has 0 radical (unpaired) electrons. The van der Waals surface area contributed by atoms with Crippen LogP contribution in [0.2, 0.25) is 0 Å². The summed E-state index contributed by atoms with van der Waals surface area (Å²) in [5.41, 5.74) is 0.891. The number of thiazole rings is 1. The zero-order chi connectivity index (χ0) is 13.4. The zero-order valence-corrected chi connectivity index (χ0v) is 11.5. The van der Waals surface area contributed by atoms with Crippen molar-refractivity contribution in [3.63, 3.8) is 0 Å². The molecule has 1 rings (SSSR count). The molecule has 0 saturated heterocycles. The van der Waals surface area contributed by atoms with E-state index in [-0.39, 0.29) is 19.1 Å². The Hall–Kier alpha value is -1.02. The highest BCUT2D eigenvalue weighted by molar-refractivity contribution is 7.13. The first-order chi connectivity index (χ1) is 8.65. The molecule has 0 aliphatic rings. The summed E-state index contributed by atoms with van der Waals surface area (Å²) >= 11 is 1.40. The molecule has 0 aliphatic heterocycles. The number of amides is 1. The van der Waals surface area contributed by atoms with Crippen LogP contribution in [0.5, 0.6) is 0 Å². The van der Waals surface area contributed by atoms with Crippen molar-refractivity contribution in [2.45, 2.75) is 6.92 Å². The molecule has 1 aromatic rings. The van der Waals surface area contributed by atoms with E-state index in [1.54, 1.807) is 7.11 Å². The van der Waals surface area contributed by atoms with Crippen molar-refractivity contribution in [3.8, 4) is 0 Å². The highest BCUT2D eigenvalue weighted by Crippen LogP contribution is 2.14. The van der Waals surface area contributed by atoms with Crippen LogP contribution in [-0.4, -0.2) is 60.9 Å². The minimum atomic E-state index is -0.131. The fraction of sp³-hybridized carbons (Fsp3) is 0.636. The summed E-state index contributed by atoms with van der Waals surface area (Å²) in [4.78, 5) is 17.8. The van der Waals surface area contributed by atoms with Crippen molar-refractivity contribution in [1.82, 2.24) is 9.88 Å². The fourth-order valence-corrected chi connectivity index (χ4v) is 2.11. The van der Waals surface area contributed by atoms with Gasteiger partial charge in [-0.25, -0.2) is 4.98 Å². The number of aliphatic hydroxyl groups is 1. The molecular weight excluding hydrogens is 254 g/mol. The minimum absolute atomic E-state index is 0.0212. The van der Waals surface area contributed by atoms with Crippen molar-refractivity contribution in [1.29, 1.82) is 0 Å². The van der Waals surface area contributed by atoms with Gasteiger partial charge in [0.05, 0.1) is 25.5 Å². The molecule has 0 aromatic carbocycles. The van der Waals surface area contributed by atoms with E-state index in [9.17, 15) is 4.79 Å². The molecule has 1 aromatic heterocycles. The number of rotatable bonds is 8. The molecule has 0 atom stereocenters. The molecule has 7 heteroatoms. The van der Waals surface area contributed by atoms with E-state index >= 15 is 0 Å². The van der Waals surface area contributed by atoms with E-state index in [1.165, 1.54) is 11.3 Å². The number of nitrogens with zero attached hydrogens (tertiary/aromatic N) is 2. The molecule has 0 bridgehead atoms. The van der Waals surface area contributed by atoms with Gasteiger partial charge in [0.25, 0.3) is 0 Å². The molecule has 0 unspecified atom stereocenters. The fourth-order valence-electron chi connectivity index (χ4n) is 1.40. The number of hydrogen-bond donors (Lipinski definition) is 2. The maximum Gasteiger partial charge on any atom is 0.240 e. The Labute approximate surface area is 111 Å². The number of anilines is 1. The van der Waals surface area contributed by atoms with Crippen LogP contribution in [0.25, 0.3) is 0 Å². The number of methoxy groups -OCH3 is 1. The summed E-state index contributed by atoms with van der Waals surface area (Å²) < 4.78 is 4.96. The van der Waals surface area contributed by atoms with Crippen molar-refractivity contribution in [2.24, 2.45) is 0 Å². The third-order valence-electron chi connectivity index (χ3n) is 2.26. The second-order valence-corrected chi connectivity index (χ2v) is 4.69. The summed E-state index contributed by atoms with van der Waals surface area (Å²) in [7, 11) is 1.61. The number of aryl methyl sites for hydroxylation is 1. The monoisotopic (exact) mass is 273 g/mol. The van der Waals surface area contributed by atoms with Gasteiger partial charge in [0.15, 0.2) is 5.13 Å². The summed E-state index contributed by atoms with van der Waals surface area (Å²) in [5, 5.41) is 14.1. The maximum absolute atomic E-state index is 11.8. The Morgan fingerprint density at radius 1 is 1.61 bits per heavy atom. The lowest BCUT2D eigenvalue weighted by Crippen LogP contribution is -2.37. The SMILES string of the molecule is COCCN(CCO)CC(=O)Nc1nc(C)cs1. The van der Waals surface area contributed by atoms with Crippen LogP contribution in [0.3, 0.4) is 0 Å². The normalized spacial score (nSPS) is 10.9. The van der Waals surface area contributed by atoms with Gasteiger partial charge < -0.3 is 15.2 Å². The molecule has 102 valence electrons. The highest BCUT2D eigenvalue weighted by atomic mass is 32.1. The first-order valence-electron chi connectivity index (χ1n) is 5.70. The van der Waals surface area contributed by atoms with Gasteiger partial charge in [-0.05, 0) is 6.92 Å². The second kappa shape index (κ2) is 8.15. The van der Waals surface area contributed by atoms with Crippen LogP contribution < -0.4 is 5.32 Å². The second-order valence-electron chi connectivity index (χ2n) is 3.83. The lowest BCUT2D eigenvalue weighted by Gasteiger charge is -2.19. The Kier molecular flexibility index (Phi) is 6.81. The van der Waals surface area contributed by atoms with Gasteiger partial charge in [-0.3, -0.25) is 9.69 Å². The Balaban J connectivity index is 2.40. The molecule has 1 amide bonds. The first kappa shape index (κ1) is 15.0. The van der Waals surface area contributed by atoms with Crippen LogP contribution in [0.1, 0.15) is 5.69 Å². The maximum atomic E-state index is 11.8. The summed E-state index contributed by atoms with van der Waals surface area (Å²) in [5.74, 6) is -0.131. The van der Waals surface area contributed by atoms with E-state index in [2.05, 4.69) is 10.3 Å². The lowest BCUT2D eigenvalue weighted by atomic mass is 10.4. The molecule has 18 heavy (non-hydrogen) atoms. The topological polar surface area (TPSA) is 74.7 Å². The average Bonchev–Trinajstić information content (AvgIpc) is 2.71. The van der Waals surface area contributed by atoms with Crippen molar-refractivity contribution < 1.29 is 14.6 Å². The minimum Gasteiger partial charge on any atom is -0.395 e. The van der Waals surface area contributed by atoms with Crippen LogP contribution in [0.4, 0.5) is 5.13 Å². The molecule has 1 heterocycles. The van der Waals surface area contributed by atoms with E-state index in [0.717, 1.165) is 5.69 Å². The van der Waals surface area contributed by atoms with Gasteiger partial charge in [0, 0.05) is 25.6 Å². The predicted molar refractivity (Wildman–Crippen MR) is 70.9 cm³/mol. The first-order valence-corrected chi connectivity index (χ1v) is 6.57. The molecular formula is C11H19N3O3S. The highest BCUT2D eigenvalue weighted by Gasteiger charge is 2.11. The smallest absolute Gasteiger partial charge is 0.240 e. The molecule has 0 aliphatic carbocycles. The molecule has 0 spiro atoms. The van der Waals surface area contributed by atoms with Gasteiger partial charge in [-0.15, -0.1) is 11.3 Å². The van der Waals surface area contributed by atoms with Crippen LogP contribution in [0, 0.1) is 6.92 Å². The quantitative estimate of drug-likeness (QED) is 0.714. The van der Waals surface area contributed by atoms with Gasteiger partial charge in [0.1, 0.15) is 0 Å². The predicted octanol–water partition coefficient (Wildman–Crippen LogP) is 0.331. The van der Waals surface area contributed by atoms with Gasteiger partial charge >= 0.3 is 0 Å². The number of aromatic nitrogens is 1. The van der Waals surface area contributed by atoms with Crippen molar-refractivity contribution in [2.75, 3.05) is 45.3 Å². The largest absolute Gasteiger partial charge is 0.395 e. The van der Waals surface area contributed by atoms with Gasteiger partial charge in [0.2, 0.25) is 5.91 Å². The number of hydrogen-bond acceptors (Lipinski definition) is 6. The molecule has 2 N–H and O–H groups in total. The number of aliphatic hydroxyl groups excluding tert-OH is 1. The van der Waals surface area contributed by atoms with Crippen LogP contribution in [-0.2, 0) is 9.53 Å². The van der Waals surface area contributed by atoms with Crippen molar-refractivity contribution in [3.05, 3.63) is 11.1 Å². The molecule has 6 nitrogen and oxygen atoms in total. The number of carbonyl (C=O) groups is 1. The van der Waals surface area contributed by atoms with Crippen LogP contribution >= 0.6 is 11.3 Å². The molecule has 0 fully saturated rings. The number of nitrogens with one attached hydrogen (secondary N) is 1. The Morgan fingerprint density at radius 2 is 2.39 bits per heavy atom. The standard InChI is InChI=1S/C11H19N3O3S/c1-9-8-18-11(12-9)13-10(16)7-14(3-5-15)4-6-17-2/h8,15H,3-7H2,1-2H3,(H,12,13,16). The summed E-state index contributed by atoms with van der Waals surface area (Å²) in [6, 6.07) is 0. The lowest BCUT2D eigenvalue weighted by molar-refractivity contribution is -0.117. The Bertz CT molecular complexity index is 370. The summed E-state index contributed by atoms with van der Waals surface area (Å²) in [6.45, 7) is 3.72. The Morgan fingerprint density at radius 3 is 2.94 bits per heavy atom.